The van der Waals surface area contributed by atoms with E-state index in [1.807, 2.05) is 6.20 Å². The van der Waals surface area contributed by atoms with Crippen molar-refractivity contribution >= 4 is 0 Å². The summed E-state index contributed by atoms with van der Waals surface area (Å²) < 4.78 is 1.58. The molecule has 2 aromatic heterocycles. The third-order valence-corrected chi connectivity index (χ3v) is 2.75. The second-order valence-corrected chi connectivity index (χ2v) is 3.97. The fourth-order valence-electron chi connectivity index (χ4n) is 1.85. The van der Waals surface area contributed by atoms with Crippen molar-refractivity contribution < 1.29 is 0 Å². The van der Waals surface area contributed by atoms with E-state index in [1.54, 1.807) is 11.0 Å². The molecule has 0 bridgehead atoms. The number of nitrogens with zero attached hydrogens (tertiary/aromatic N) is 6. The summed E-state index contributed by atoms with van der Waals surface area (Å²) in [5, 5.41) is 4.02. The van der Waals surface area contributed by atoms with Gasteiger partial charge in [-0.3, -0.25) is 0 Å². The second kappa shape index (κ2) is 3.64. The Hall–Kier alpha value is -1.82. The zero-order valence-corrected chi connectivity index (χ0v) is 9.04. The normalized spacial score (nSPS) is 16.1. The maximum absolute atomic E-state index is 4.51. The minimum Gasteiger partial charge on any atom is -0.300 e. The lowest BCUT2D eigenvalue weighted by molar-refractivity contribution is 0.306. The molecular weight excluding hydrogens is 204 g/mol. The van der Waals surface area contributed by atoms with Gasteiger partial charge in [0.05, 0.1) is 5.69 Å². The topological polar surface area (TPSA) is 59.7 Å². The lowest BCUT2D eigenvalue weighted by atomic mass is 10.1. The van der Waals surface area contributed by atoms with E-state index in [4.69, 9.17) is 0 Å². The van der Waals surface area contributed by atoms with Crippen LogP contribution in [0.25, 0.3) is 5.95 Å². The van der Waals surface area contributed by atoms with Gasteiger partial charge in [-0.2, -0.15) is 9.78 Å². The highest BCUT2D eigenvalue weighted by Gasteiger charge is 2.15. The maximum atomic E-state index is 4.51. The Morgan fingerprint density at radius 2 is 2.31 bits per heavy atom. The van der Waals surface area contributed by atoms with Gasteiger partial charge in [0, 0.05) is 19.3 Å². The average molecular weight is 216 g/mol. The van der Waals surface area contributed by atoms with Gasteiger partial charge in [0.1, 0.15) is 12.7 Å². The first-order chi connectivity index (χ1) is 7.83. The standard InChI is InChI=1S/C10H12N6/c1-15-3-2-8-4-12-10(14-9(8)5-15)16-7-11-6-13-16/h4,6-7H,2-3,5H2,1H3. The largest absolute Gasteiger partial charge is 0.300 e. The molecule has 0 N–H and O–H groups in total. The van der Waals surface area contributed by atoms with Crippen LogP contribution in [-0.2, 0) is 13.0 Å². The molecule has 16 heavy (non-hydrogen) atoms. The summed E-state index contributed by atoms with van der Waals surface area (Å²) in [7, 11) is 2.10. The highest BCUT2D eigenvalue weighted by Crippen LogP contribution is 2.15. The lowest BCUT2D eigenvalue weighted by Gasteiger charge is -2.23. The molecule has 0 atom stereocenters. The second-order valence-electron chi connectivity index (χ2n) is 3.97. The van der Waals surface area contributed by atoms with Gasteiger partial charge < -0.3 is 4.90 Å². The van der Waals surface area contributed by atoms with Gasteiger partial charge in [0.2, 0.25) is 0 Å². The van der Waals surface area contributed by atoms with Crippen molar-refractivity contribution in [1.29, 1.82) is 0 Å². The number of likely N-dealkylation sites (N-methyl/N-ethyl adjacent to an activating group) is 1. The molecule has 0 unspecified atom stereocenters. The van der Waals surface area contributed by atoms with Crippen LogP contribution in [0.3, 0.4) is 0 Å². The van der Waals surface area contributed by atoms with E-state index < -0.39 is 0 Å². The molecule has 82 valence electrons. The summed E-state index contributed by atoms with van der Waals surface area (Å²) in [5.74, 6) is 0.589. The van der Waals surface area contributed by atoms with E-state index in [1.165, 1.54) is 11.9 Å². The van der Waals surface area contributed by atoms with E-state index in [2.05, 4.69) is 32.0 Å². The van der Waals surface area contributed by atoms with Crippen LogP contribution in [-0.4, -0.2) is 43.2 Å². The van der Waals surface area contributed by atoms with Crippen LogP contribution in [0.1, 0.15) is 11.3 Å². The van der Waals surface area contributed by atoms with Crippen LogP contribution >= 0.6 is 0 Å². The van der Waals surface area contributed by atoms with Gasteiger partial charge in [-0.1, -0.05) is 0 Å². The molecule has 0 spiro atoms. The summed E-state index contributed by atoms with van der Waals surface area (Å²) >= 11 is 0. The summed E-state index contributed by atoms with van der Waals surface area (Å²) in [6.07, 6.45) is 6.00. The Bertz CT molecular complexity index is 492. The van der Waals surface area contributed by atoms with E-state index in [9.17, 15) is 0 Å². The molecule has 1 aliphatic rings. The first kappa shape index (κ1) is 9.41. The van der Waals surface area contributed by atoms with E-state index in [0.717, 1.165) is 25.2 Å². The highest BCUT2D eigenvalue weighted by atomic mass is 15.4. The van der Waals surface area contributed by atoms with Crippen molar-refractivity contribution in [2.45, 2.75) is 13.0 Å². The van der Waals surface area contributed by atoms with Gasteiger partial charge in [0.25, 0.3) is 5.95 Å². The van der Waals surface area contributed by atoms with Crippen molar-refractivity contribution in [3.05, 3.63) is 30.1 Å². The van der Waals surface area contributed by atoms with Crippen LogP contribution in [0.5, 0.6) is 0 Å². The molecular formula is C10H12N6. The first-order valence-corrected chi connectivity index (χ1v) is 5.21. The Kier molecular flexibility index (Phi) is 2.14. The molecule has 0 saturated carbocycles. The smallest absolute Gasteiger partial charge is 0.252 e. The highest BCUT2D eigenvalue weighted by molar-refractivity contribution is 5.24. The first-order valence-electron chi connectivity index (χ1n) is 5.21. The molecule has 0 saturated heterocycles. The van der Waals surface area contributed by atoms with Crippen LogP contribution in [0.15, 0.2) is 18.9 Å². The molecule has 0 aromatic carbocycles. The summed E-state index contributed by atoms with van der Waals surface area (Å²) in [6, 6.07) is 0. The van der Waals surface area contributed by atoms with E-state index in [0.29, 0.717) is 5.95 Å². The van der Waals surface area contributed by atoms with Crippen molar-refractivity contribution in [2.24, 2.45) is 0 Å². The number of hydrogen-bond acceptors (Lipinski definition) is 5. The van der Waals surface area contributed by atoms with Gasteiger partial charge in [-0.25, -0.2) is 15.0 Å². The average Bonchev–Trinajstić information content (AvgIpc) is 2.81. The zero-order chi connectivity index (χ0) is 11.0. The van der Waals surface area contributed by atoms with E-state index in [-0.39, 0.29) is 0 Å². The number of hydrogen-bond donors (Lipinski definition) is 0. The summed E-state index contributed by atoms with van der Waals surface area (Å²) in [6.45, 7) is 1.94. The molecule has 3 heterocycles. The van der Waals surface area contributed by atoms with Crippen LogP contribution in [0, 0.1) is 0 Å². The third kappa shape index (κ3) is 1.57. The Balaban J connectivity index is 2.01. The van der Waals surface area contributed by atoms with Crippen LogP contribution < -0.4 is 0 Å². The van der Waals surface area contributed by atoms with Crippen LogP contribution in [0.2, 0.25) is 0 Å². The van der Waals surface area contributed by atoms with Gasteiger partial charge >= 0.3 is 0 Å². The molecule has 6 nitrogen and oxygen atoms in total. The summed E-state index contributed by atoms with van der Waals surface area (Å²) in [4.78, 5) is 14.9. The zero-order valence-electron chi connectivity index (χ0n) is 9.04. The van der Waals surface area contributed by atoms with Crippen molar-refractivity contribution in [3.63, 3.8) is 0 Å². The molecule has 3 rings (SSSR count). The van der Waals surface area contributed by atoms with Crippen LogP contribution in [0.4, 0.5) is 0 Å². The third-order valence-electron chi connectivity index (χ3n) is 2.75. The predicted octanol–water partition coefficient (Wildman–Crippen LogP) is 0.0452. The van der Waals surface area contributed by atoms with Gasteiger partial charge in [-0.05, 0) is 19.0 Å². The van der Waals surface area contributed by atoms with Crippen molar-refractivity contribution in [3.8, 4) is 5.95 Å². The van der Waals surface area contributed by atoms with Gasteiger partial charge in [0.15, 0.2) is 0 Å². The Morgan fingerprint density at radius 3 is 3.12 bits per heavy atom. The predicted molar refractivity (Wildman–Crippen MR) is 57.0 cm³/mol. The minimum atomic E-state index is 0.589. The van der Waals surface area contributed by atoms with Gasteiger partial charge in [-0.15, -0.1) is 0 Å². The number of aromatic nitrogens is 5. The van der Waals surface area contributed by atoms with Crippen molar-refractivity contribution in [1.82, 2.24) is 29.6 Å². The lowest BCUT2D eigenvalue weighted by Crippen LogP contribution is -2.28. The quantitative estimate of drug-likeness (QED) is 0.674. The SMILES string of the molecule is CN1CCc2cnc(-n3cncn3)nc2C1. The fourth-order valence-corrected chi connectivity index (χ4v) is 1.85. The molecule has 6 heteroatoms. The summed E-state index contributed by atoms with van der Waals surface area (Å²) in [5.41, 5.74) is 2.33. The van der Waals surface area contributed by atoms with Crippen molar-refractivity contribution in [2.75, 3.05) is 13.6 Å². The fraction of sp³-hybridized carbons (Fsp3) is 0.400. The minimum absolute atomic E-state index is 0.589. The molecule has 2 aromatic rings. The monoisotopic (exact) mass is 216 g/mol. The number of fused-ring (bicyclic) bond motifs is 1. The Morgan fingerprint density at radius 1 is 1.38 bits per heavy atom. The molecule has 0 radical (unpaired) electrons. The molecule has 1 aliphatic heterocycles. The Labute approximate surface area is 93.0 Å². The molecule has 0 aliphatic carbocycles. The maximum Gasteiger partial charge on any atom is 0.252 e. The molecule has 0 fully saturated rings. The molecule has 0 amide bonds. The number of rotatable bonds is 1. The van der Waals surface area contributed by atoms with E-state index >= 15 is 0 Å².